The second-order valence-corrected chi connectivity index (χ2v) is 8.13. The molecule has 0 spiro atoms. The van der Waals surface area contributed by atoms with Crippen LogP contribution in [-0.2, 0) is 17.8 Å². The highest BCUT2D eigenvalue weighted by Gasteiger charge is 2.36. The zero-order valence-corrected chi connectivity index (χ0v) is 18.2. The number of nitrogens with one attached hydrogen (secondary N) is 2. The molecule has 1 aliphatic carbocycles. The molecule has 0 amide bonds. The molecule has 0 bridgehead atoms. The van der Waals surface area contributed by atoms with E-state index in [0.29, 0.717) is 18.5 Å². The summed E-state index contributed by atoms with van der Waals surface area (Å²) in [4.78, 5) is 16.6. The van der Waals surface area contributed by atoms with Gasteiger partial charge < -0.3 is 19.9 Å². The molecule has 6 nitrogen and oxygen atoms in total. The fraction of sp³-hybridized carbons (Fsp3) is 0.500. The summed E-state index contributed by atoms with van der Waals surface area (Å²) in [7, 11) is 1.77. The molecule has 3 rings (SSSR count). The van der Waals surface area contributed by atoms with Crippen LogP contribution < -0.4 is 16.2 Å². The van der Waals surface area contributed by atoms with Gasteiger partial charge in [-0.1, -0.05) is 36.8 Å². The maximum absolute atomic E-state index is 11.9. The number of ether oxygens (including phenoxy) is 1. The van der Waals surface area contributed by atoms with E-state index in [2.05, 4.69) is 41.8 Å². The van der Waals surface area contributed by atoms with Gasteiger partial charge in [-0.05, 0) is 48.8 Å². The maximum Gasteiger partial charge on any atom is 0.250 e. The van der Waals surface area contributed by atoms with Crippen molar-refractivity contribution in [2.24, 2.45) is 10.4 Å². The van der Waals surface area contributed by atoms with Gasteiger partial charge in [0.1, 0.15) is 0 Å². The van der Waals surface area contributed by atoms with E-state index in [0.717, 1.165) is 43.2 Å². The van der Waals surface area contributed by atoms with Gasteiger partial charge in [0.2, 0.25) is 0 Å². The van der Waals surface area contributed by atoms with Crippen LogP contribution in [0.4, 0.5) is 0 Å². The van der Waals surface area contributed by atoms with Crippen molar-refractivity contribution in [3.8, 4) is 0 Å². The van der Waals surface area contributed by atoms with Gasteiger partial charge >= 0.3 is 0 Å². The van der Waals surface area contributed by atoms with Crippen LogP contribution in [0.25, 0.3) is 0 Å². The second-order valence-electron chi connectivity index (χ2n) is 8.13. The number of nitrogens with zero attached hydrogens (tertiary/aromatic N) is 2. The van der Waals surface area contributed by atoms with Crippen LogP contribution in [0.1, 0.15) is 43.7 Å². The zero-order valence-electron chi connectivity index (χ0n) is 18.2. The van der Waals surface area contributed by atoms with Crippen molar-refractivity contribution in [2.75, 3.05) is 26.8 Å². The molecular weight excluding hydrogens is 376 g/mol. The van der Waals surface area contributed by atoms with Gasteiger partial charge in [-0.25, -0.2) is 4.99 Å². The van der Waals surface area contributed by atoms with E-state index < -0.39 is 0 Å². The Morgan fingerprint density at radius 3 is 2.53 bits per heavy atom. The number of aromatic nitrogens is 1. The first kappa shape index (κ1) is 22.1. The van der Waals surface area contributed by atoms with Crippen molar-refractivity contribution < 1.29 is 4.74 Å². The molecule has 0 saturated heterocycles. The standard InChI is InChI=1S/C24H34N4O2/c1-3-25-23(27-19-24(12-6-13-24)14-16-30-2)26-17-20-8-10-21(11-9-20)18-28-15-5-4-7-22(28)29/h4-5,7-11,15H,3,6,12-14,16-19H2,1-2H3,(H2,25,26,27). The predicted octanol–water partition coefficient (Wildman–Crippen LogP) is 3.16. The molecule has 0 radical (unpaired) electrons. The number of guanidine groups is 1. The Bertz CT molecular complexity index is 869. The molecule has 1 aliphatic rings. The molecule has 1 fully saturated rings. The second kappa shape index (κ2) is 11.0. The van der Waals surface area contributed by atoms with Crippen LogP contribution in [0, 0.1) is 5.41 Å². The molecule has 1 heterocycles. The quantitative estimate of drug-likeness (QED) is 0.466. The lowest BCUT2D eigenvalue weighted by atomic mass is 9.67. The Hall–Kier alpha value is -2.60. The minimum Gasteiger partial charge on any atom is -0.385 e. The lowest BCUT2D eigenvalue weighted by Gasteiger charge is -2.42. The van der Waals surface area contributed by atoms with Gasteiger partial charge in [-0.2, -0.15) is 0 Å². The van der Waals surface area contributed by atoms with Crippen LogP contribution in [0.3, 0.4) is 0 Å². The highest BCUT2D eigenvalue weighted by Crippen LogP contribution is 2.43. The Balaban J connectivity index is 1.56. The number of pyridine rings is 1. The number of hydrogen-bond acceptors (Lipinski definition) is 3. The van der Waals surface area contributed by atoms with E-state index in [1.807, 2.05) is 12.3 Å². The van der Waals surface area contributed by atoms with Crippen molar-refractivity contribution in [3.05, 3.63) is 70.1 Å². The molecule has 30 heavy (non-hydrogen) atoms. The molecule has 0 unspecified atom stereocenters. The van der Waals surface area contributed by atoms with E-state index in [1.165, 1.54) is 19.3 Å². The SMILES string of the molecule is CCNC(=NCc1ccc(Cn2ccccc2=O)cc1)NCC1(CCOC)CCC1. The summed E-state index contributed by atoms with van der Waals surface area (Å²) in [6.45, 7) is 5.87. The molecule has 2 N–H and O–H groups in total. The first-order valence-electron chi connectivity index (χ1n) is 10.9. The summed E-state index contributed by atoms with van der Waals surface area (Å²) in [5.74, 6) is 0.862. The fourth-order valence-corrected chi connectivity index (χ4v) is 3.83. The lowest BCUT2D eigenvalue weighted by Crippen LogP contribution is -2.46. The zero-order chi connectivity index (χ0) is 21.2. The highest BCUT2D eigenvalue weighted by molar-refractivity contribution is 5.79. The Labute approximate surface area is 179 Å². The molecule has 0 atom stereocenters. The van der Waals surface area contributed by atoms with E-state index in [-0.39, 0.29) is 5.56 Å². The van der Waals surface area contributed by atoms with Crippen LogP contribution in [0.5, 0.6) is 0 Å². The molecule has 1 saturated carbocycles. The third-order valence-electron chi connectivity index (χ3n) is 5.92. The van der Waals surface area contributed by atoms with Crippen LogP contribution >= 0.6 is 0 Å². The van der Waals surface area contributed by atoms with Crippen molar-refractivity contribution in [1.29, 1.82) is 0 Å². The number of benzene rings is 1. The van der Waals surface area contributed by atoms with Gasteiger partial charge in [-0.3, -0.25) is 4.79 Å². The van der Waals surface area contributed by atoms with Gasteiger partial charge in [-0.15, -0.1) is 0 Å². The van der Waals surface area contributed by atoms with Crippen molar-refractivity contribution in [3.63, 3.8) is 0 Å². The van der Waals surface area contributed by atoms with Gasteiger partial charge in [0.15, 0.2) is 5.96 Å². The highest BCUT2D eigenvalue weighted by atomic mass is 16.5. The Kier molecular flexibility index (Phi) is 8.08. The molecule has 2 aromatic rings. The summed E-state index contributed by atoms with van der Waals surface area (Å²) < 4.78 is 7.00. The van der Waals surface area contributed by atoms with Crippen molar-refractivity contribution in [2.45, 2.75) is 45.7 Å². The molecule has 1 aromatic heterocycles. The summed E-state index contributed by atoms with van der Waals surface area (Å²) in [6, 6.07) is 13.5. The van der Waals surface area contributed by atoms with Crippen LogP contribution in [-0.4, -0.2) is 37.3 Å². The third-order valence-corrected chi connectivity index (χ3v) is 5.92. The Morgan fingerprint density at radius 2 is 1.90 bits per heavy atom. The molecule has 0 aliphatic heterocycles. The number of hydrogen-bond donors (Lipinski definition) is 2. The smallest absolute Gasteiger partial charge is 0.250 e. The molecule has 162 valence electrons. The van der Waals surface area contributed by atoms with Crippen molar-refractivity contribution >= 4 is 5.96 Å². The summed E-state index contributed by atoms with van der Waals surface area (Å²) in [5.41, 5.74) is 2.62. The first-order chi connectivity index (χ1) is 14.6. The number of rotatable bonds is 10. The third kappa shape index (κ3) is 6.20. The minimum absolute atomic E-state index is 0.0160. The normalized spacial score (nSPS) is 15.5. The van der Waals surface area contributed by atoms with Gasteiger partial charge in [0.05, 0.1) is 13.1 Å². The summed E-state index contributed by atoms with van der Waals surface area (Å²) in [6.07, 6.45) is 6.74. The minimum atomic E-state index is 0.0160. The van der Waals surface area contributed by atoms with E-state index >= 15 is 0 Å². The van der Waals surface area contributed by atoms with Crippen LogP contribution in [0.15, 0.2) is 58.4 Å². The maximum atomic E-state index is 11.9. The van der Waals surface area contributed by atoms with Gasteiger partial charge in [0.25, 0.3) is 5.56 Å². The van der Waals surface area contributed by atoms with Crippen molar-refractivity contribution in [1.82, 2.24) is 15.2 Å². The average molecular weight is 411 g/mol. The fourth-order valence-electron chi connectivity index (χ4n) is 3.83. The van der Waals surface area contributed by atoms with Crippen LogP contribution in [0.2, 0.25) is 0 Å². The Morgan fingerprint density at radius 1 is 1.13 bits per heavy atom. The van der Waals surface area contributed by atoms with E-state index in [9.17, 15) is 4.79 Å². The summed E-state index contributed by atoms with van der Waals surface area (Å²) >= 11 is 0. The molecular formula is C24H34N4O2. The molecule has 1 aromatic carbocycles. The topological polar surface area (TPSA) is 67.7 Å². The predicted molar refractivity (Wildman–Crippen MR) is 122 cm³/mol. The van der Waals surface area contributed by atoms with Gasteiger partial charge in [0, 0.05) is 39.1 Å². The summed E-state index contributed by atoms with van der Waals surface area (Å²) in [5, 5.41) is 6.89. The van der Waals surface area contributed by atoms with E-state index in [4.69, 9.17) is 9.73 Å². The first-order valence-corrected chi connectivity index (χ1v) is 10.9. The lowest BCUT2D eigenvalue weighted by molar-refractivity contribution is 0.0732. The largest absolute Gasteiger partial charge is 0.385 e. The average Bonchev–Trinajstić information content (AvgIpc) is 2.73. The number of methoxy groups -OCH3 is 1. The molecule has 6 heteroatoms. The van der Waals surface area contributed by atoms with E-state index in [1.54, 1.807) is 23.8 Å². The monoisotopic (exact) mass is 410 g/mol. The number of aliphatic imine (C=N–C) groups is 1.